The lowest BCUT2D eigenvalue weighted by Crippen LogP contribution is -2.13. The summed E-state index contributed by atoms with van der Waals surface area (Å²) in [6.45, 7) is 2.09. The molecule has 0 radical (unpaired) electrons. The predicted molar refractivity (Wildman–Crippen MR) is 76.1 cm³/mol. The number of thiophene rings is 1. The molecule has 1 amide bonds. The first-order chi connectivity index (χ1) is 9.13. The zero-order chi connectivity index (χ0) is 13.8. The second-order valence-corrected chi connectivity index (χ2v) is 5.98. The van der Waals surface area contributed by atoms with E-state index in [2.05, 4.69) is 12.2 Å². The molecule has 0 saturated heterocycles. The summed E-state index contributed by atoms with van der Waals surface area (Å²) < 4.78 is 0. The molecule has 2 N–H and O–H groups in total. The topological polar surface area (TPSA) is 66.4 Å². The highest BCUT2D eigenvalue weighted by Crippen LogP contribution is 2.39. The molecular weight excluding hydrogens is 262 g/mol. The number of nitrogens with one attached hydrogen (secondary N) is 1. The molecule has 0 atom stereocenters. The van der Waals surface area contributed by atoms with Crippen LogP contribution in [0, 0.1) is 0 Å². The van der Waals surface area contributed by atoms with E-state index < -0.39 is 5.97 Å². The lowest BCUT2D eigenvalue weighted by Gasteiger charge is -2.05. The Balaban J connectivity index is 2.08. The molecule has 1 aromatic heterocycles. The molecule has 1 aliphatic carbocycles. The number of unbranched alkanes of at least 4 members (excludes halogenated alkanes) is 2. The first kappa shape index (κ1) is 14.1. The van der Waals surface area contributed by atoms with Crippen LogP contribution in [0.1, 0.15) is 59.8 Å². The summed E-state index contributed by atoms with van der Waals surface area (Å²) in [6.07, 6.45) is 6.20. The minimum Gasteiger partial charge on any atom is -0.478 e. The fraction of sp³-hybridized carbons (Fsp3) is 0.571. The van der Waals surface area contributed by atoms with Crippen molar-refractivity contribution in [2.24, 2.45) is 0 Å². The molecule has 1 heterocycles. The van der Waals surface area contributed by atoms with Gasteiger partial charge in [0.1, 0.15) is 5.00 Å². The van der Waals surface area contributed by atoms with Gasteiger partial charge in [-0.2, -0.15) is 0 Å². The van der Waals surface area contributed by atoms with Crippen molar-refractivity contribution >= 4 is 28.2 Å². The third-order valence-electron chi connectivity index (χ3n) is 3.40. The minimum atomic E-state index is -0.928. The van der Waals surface area contributed by atoms with Gasteiger partial charge in [0.15, 0.2) is 0 Å². The zero-order valence-corrected chi connectivity index (χ0v) is 11.9. The van der Waals surface area contributed by atoms with Gasteiger partial charge in [-0.25, -0.2) is 4.79 Å². The molecule has 0 spiro atoms. The number of aryl methyl sites for hydroxylation is 1. The highest BCUT2D eigenvalue weighted by Gasteiger charge is 2.26. The van der Waals surface area contributed by atoms with Crippen LogP contribution in [0.2, 0.25) is 0 Å². The van der Waals surface area contributed by atoms with Gasteiger partial charge in [0.25, 0.3) is 0 Å². The van der Waals surface area contributed by atoms with Gasteiger partial charge in [-0.1, -0.05) is 19.8 Å². The summed E-state index contributed by atoms with van der Waals surface area (Å²) in [5.41, 5.74) is 1.25. The molecule has 19 heavy (non-hydrogen) atoms. The number of carboxylic acids is 1. The van der Waals surface area contributed by atoms with E-state index in [1.807, 2.05) is 0 Å². The predicted octanol–water partition coefficient (Wildman–Crippen LogP) is 3.45. The van der Waals surface area contributed by atoms with Crippen molar-refractivity contribution in [1.82, 2.24) is 0 Å². The third-order valence-corrected chi connectivity index (χ3v) is 4.60. The van der Waals surface area contributed by atoms with Crippen LogP contribution in [-0.4, -0.2) is 17.0 Å². The van der Waals surface area contributed by atoms with E-state index >= 15 is 0 Å². The Kier molecular flexibility index (Phi) is 4.58. The van der Waals surface area contributed by atoms with Crippen LogP contribution in [0.15, 0.2) is 0 Å². The Labute approximate surface area is 116 Å². The van der Waals surface area contributed by atoms with Crippen LogP contribution in [0.4, 0.5) is 5.00 Å². The van der Waals surface area contributed by atoms with Gasteiger partial charge in [0.05, 0.1) is 5.56 Å². The summed E-state index contributed by atoms with van der Waals surface area (Å²) in [5, 5.41) is 12.6. The molecule has 1 aromatic rings. The molecule has 104 valence electrons. The molecule has 0 aromatic carbocycles. The van der Waals surface area contributed by atoms with Gasteiger partial charge >= 0.3 is 5.97 Å². The normalized spacial score (nSPS) is 13.3. The van der Waals surface area contributed by atoms with E-state index in [1.165, 1.54) is 11.3 Å². The van der Waals surface area contributed by atoms with Gasteiger partial charge in [-0.15, -0.1) is 11.3 Å². The smallest absolute Gasteiger partial charge is 0.339 e. The van der Waals surface area contributed by atoms with Gasteiger partial charge in [-0.05, 0) is 31.2 Å². The van der Waals surface area contributed by atoms with Crippen LogP contribution < -0.4 is 5.32 Å². The van der Waals surface area contributed by atoms with E-state index in [-0.39, 0.29) is 5.91 Å². The first-order valence-electron chi connectivity index (χ1n) is 6.81. The number of carbonyl (C=O) groups excluding carboxylic acids is 1. The van der Waals surface area contributed by atoms with Crippen molar-refractivity contribution in [3.63, 3.8) is 0 Å². The van der Waals surface area contributed by atoms with E-state index in [9.17, 15) is 14.7 Å². The molecule has 0 unspecified atom stereocenters. The molecule has 0 fully saturated rings. The van der Waals surface area contributed by atoms with Gasteiger partial charge < -0.3 is 10.4 Å². The number of hydrogen-bond acceptors (Lipinski definition) is 3. The number of amides is 1. The Hall–Kier alpha value is -1.36. The summed E-state index contributed by atoms with van der Waals surface area (Å²) in [5.74, 6) is -1.00. The molecular formula is C14H19NO3S. The highest BCUT2D eigenvalue weighted by atomic mass is 32.1. The Morgan fingerprint density at radius 2 is 2.11 bits per heavy atom. The number of fused-ring (bicyclic) bond motifs is 1. The lowest BCUT2D eigenvalue weighted by atomic mass is 10.1. The number of anilines is 1. The van der Waals surface area contributed by atoms with Crippen molar-refractivity contribution < 1.29 is 14.7 Å². The Bertz CT molecular complexity index is 493. The van der Waals surface area contributed by atoms with Crippen LogP contribution >= 0.6 is 11.3 Å². The van der Waals surface area contributed by atoms with Crippen molar-refractivity contribution in [1.29, 1.82) is 0 Å². The fourth-order valence-corrected chi connectivity index (χ4v) is 3.74. The van der Waals surface area contributed by atoms with Crippen LogP contribution in [0.3, 0.4) is 0 Å². The van der Waals surface area contributed by atoms with Gasteiger partial charge in [0, 0.05) is 11.3 Å². The number of aromatic carboxylic acids is 1. The van der Waals surface area contributed by atoms with Gasteiger partial charge in [-0.3, -0.25) is 4.79 Å². The quantitative estimate of drug-likeness (QED) is 0.785. The van der Waals surface area contributed by atoms with E-state index in [0.717, 1.165) is 49.0 Å². The number of rotatable bonds is 6. The second kappa shape index (κ2) is 6.19. The third kappa shape index (κ3) is 3.15. The van der Waals surface area contributed by atoms with E-state index in [1.54, 1.807) is 0 Å². The lowest BCUT2D eigenvalue weighted by molar-refractivity contribution is -0.116. The molecule has 4 nitrogen and oxygen atoms in total. The second-order valence-electron chi connectivity index (χ2n) is 4.87. The maximum atomic E-state index is 11.8. The molecule has 0 aliphatic heterocycles. The molecule has 2 rings (SSSR count). The maximum Gasteiger partial charge on any atom is 0.339 e. The average molecular weight is 281 g/mol. The zero-order valence-electron chi connectivity index (χ0n) is 11.1. The number of hydrogen-bond donors (Lipinski definition) is 2. The largest absolute Gasteiger partial charge is 0.478 e. The summed E-state index contributed by atoms with van der Waals surface area (Å²) in [7, 11) is 0. The minimum absolute atomic E-state index is 0.0733. The summed E-state index contributed by atoms with van der Waals surface area (Å²) in [4.78, 5) is 24.3. The van der Waals surface area contributed by atoms with Crippen molar-refractivity contribution in [2.75, 3.05) is 5.32 Å². The fourth-order valence-electron chi connectivity index (χ4n) is 2.44. The van der Waals surface area contributed by atoms with Crippen molar-refractivity contribution in [3.05, 3.63) is 16.0 Å². The van der Waals surface area contributed by atoms with Crippen molar-refractivity contribution in [2.45, 2.75) is 51.9 Å². The first-order valence-corrected chi connectivity index (χ1v) is 7.62. The Morgan fingerprint density at radius 1 is 1.32 bits per heavy atom. The number of carbonyl (C=O) groups is 2. The van der Waals surface area contributed by atoms with E-state index in [0.29, 0.717) is 17.0 Å². The molecule has 0 bridgehead atoms. The summed E-state index contributed by atoms with van der Waals surface area (Å²) in [6, 6.07) is 0. The van der Waals surface area contributed by atoms with Crippen LogP contribution in [-0.2, 0) is 17.6 Å². The molecule has 0 saturated carbocycles. The van der Waals surface area contributed by atoms with Crippen LogP contribution in [0.5, 0.6) is 0 Å². The van der Waals surface area contributed by atoms with Crippen molar-refractivity contribution in [3.8, 4) is 0 Å². The summed E-state index contributed by atoms with van der Waals surface area (Å²) >= 11 is 1.43. The molecule has 1 aliphatic rings. The monoisotopic (exact) mass is 281 g/mol. The molecule has 5 heteroatoms. The average Bonchev–Trinajstić information content (AvgIpc) is 2.88. The highest BCUT2D eigenvalue weighted by molar-refractivity contribution is 7.17. The standard InChI is InChI=1S/C14H19NO3S/c1-2-3-4-8-11(16)15-13-12(14(17)18)9-6-5-7-10(9)19-13/h2-8H2,1H3,(H,15,16)(H,17,18). The van der Waals surface area contributed by atoms with Crippen LogP contribution in [0.25, 0.3) is 0 Å². The number of carboxylic acid groups (broad SMARTS) is 1. The van der Waals surface area contributed by atoms with Gasteiger partial charge in [0.2, 0.25) is 5.91 Å². The SMILES string of the molecule is CCCCCC(=O)Nc1sc2c(c1C(=O)O)CCC2. The maximum absolute atomic E-state index is 11.8. The van der Waals surface area contributed by atoms with E-state index in [4.69, 9.17) is 0 Å². The Morgan fingerprint density at radius 3 is 2.79 bits per heavy atom.